The Balaban J connectivity index is 1.37. The molecule has 9 nitrogen and oxygen atoms in total. The summed E-state index contributed by atoms with van der Waals surface area (Å²) in [4.78, 5) is 56.3. The average Bonchev–Trinajstić information content (AvgIpc) is 3.56. The number of fused-ring (bicyclic) bond motifs is 2. The van der Waals surface area contributed by atoms with Gasteiger partial charge in [-0.25, -0.2) is 0 Å². The third-order valence-corrected chi connectivity index (χ3v) is 7.33. The Kier molecular flexibility index (Phi) is 7.33. The number of nitrogens with one attached hydrogen (secondary N) is 1. The molecular weight excluding hydrogens is 558 g/mol. The van der Waals surface area contributed by atoms with Crippen molar-refractivity contribution in [2.75, 3.05) is 23.6 Å². The van der Waals surface area contributed by atoms with Crippen molar-refractivity contribution in [1.29, 1.82) is 0 Å². The number of Topliss-reactive ketones (excluding diaryl/α,β-unsaturated/α-hetero) is 1. The van der Waals surface area contributed by atoms with Crippen LogP contribution in [0.2, 0.25) is 5.02 Å². The number of hydrogen-bond donors (Lipinski definition) is 1. The molecule has 0 fully saturated rings. The monoisotopic (exact) mass is 581 g/mol. The number of carbonyl (C=O) groups excluding carboxylic acids is 4. The summed E-state index contributed by atoms with van der Waals surface area (Å²) < 4.78 is 10.8. The predicted molar refractivity (Wildman–Crippen MR) is 156 cm³/mol. The van der Waals surface area contributed by atoms with Crippen LogP contribution >= 0.6 is 11.6 Å². The zero-order valence-corrected chi connectivity index (χ0v) is 22.9. The smallest absolute Gasteiger partial charge is 0.299 e. The maximum Gasteiger partial charge on any atom is 0.299 e. The molecule has 0 aliphatic carbocycles. The number of rotatable bonds is 8. The molecule has 4 aromatic carbocycles. The number of ether oxygens (including phenoxy) is 2. The first-order chi connectivity index (χ1) is 20.4. The number of benzene rings is 4. The number of halogens is 1. The molecule has 10 heteroatoms. The summed E-state index contributed by atoms with van der Waals surface area (Å²) in [6, 6.07) is 26.3. The molecule has 0 radical (unpaired) electrons. The highest BCUT2D eigenvalue weighted by molar-refractivity contribution is 6.52. The molecule has 2 aliphatic heterocycles. The van der Waals surface area contributed by atoms with Gasteiger partial charge in [0.05, 0.1) is 11.3 Å². The minimum atomic E-state index is -1.12. The molecular formula is C32H24ClN3O6. The van der Waals surface area contributed by atoms with Gasteiger partial charge in [-0.1, -0.05) is 66.2 Å². The van der Waals surface area contributed by atoms with Gasteiger partial charge in [-0.3, -0.25) is 24.1 Å². The molecule has 0 saturated heterocycles. The van der Waals surface area contributed by atoms with E-state index in [1.54, 1.807) is 66.7 Å². The fourth-order valence-corrected chi connectivity index (χ4v) is 5.16. The molecule has 6 rings (SSSR count). The number of para-hydroxylation sites is 1. The number of ketones is 1. The molecule has 1 N–H and O–H groups in total. The van der Waals surface area contributed by atoms with Crippen LogP contribution < -0.4 is 19.7 Å². The summed E-state index contributed by atoms with van der Waals surface area (Å²) in [6.45, 7) is -0.296. The number of anilines is 2. The molecule has 1 atom stereocenters. The van der Waals surface area contributed by atoms with Crippen LogP contribution in [0.3, 0.4) is 0 Å². The van der Waals surface area contributed by atoms with Gasteiger partial charge in [0.15, 0.2) is 11.5 Å². The van der Waals surface area contributed by atoms with Crippen molar-refractivity contribution in [2.45, 2.75) is 12.6 Å². The van der Waals surface area contributed by atoms with E-state index in [-0.39, 0.29) is 18.9 Å². The maximum atomic E-state index is 14.1. The van der Waals surface area contributed by atoms with Crippen LogP contribution in [0, 0.1) is 0 Å². The lowest BCUT2D eigenvalue weighted by atomic mass is 10.0. The second kappa shape index (κ2) is 11.4. The van der Waals surface area contributed by atoms with Crippen molar-refractivity contribution in [3.63, 3.8) is 0 Å². The minimum Gasteiger partial charge on any atom is -0.454 e. The fraction of sp³-hybridized carbons (Fsp3) is 0.125. The highest BCUT2D eigenvalue weighted by Crippen LogP contribution is 2.35. The van der Waals surface area contributed by atoms with E-state index >= 15 is 0 Å². The number of hydrogen-bond acceptors (Lipinski definition) is 6. The van der Waals surface area contributed by atoms with Gasteiger partial charge in [-0.2, -0.15) is 0 Å². The van der Waals surface area contributed by atoms with Crippen LogP contribution in [0.4, 0.5) is 11.4 Å². The summed E-state index contributed by atoms with van der Waals surface area (Å²) in [5, 5.41) is 3.36. The van der Waals surface area contributed by atoms with E-state index in [1.807, 2.05) is 30.3 Å². The summed E-state index contributed by atoms with van der Waals surface area (Å²) in [7, 11) is 0. The van der Waals surface area contributed by atoms with Crippen LogP contribution in [0.25, 0.3) is 0 Å². The van der Waals surface area contributed by atoms with Crippen LogP contribution in [-0.4, -0.2) is 41.7 Å². The molecule has 2 aliphatic rings. The lowest BCUT2D eigenvalue weighted by molar-refractivity contribution is -0.139. The molecule has 210 valence electrons. The Morgan fingerprint density at radius 3 is 2.38 bits per heavy atom. The Labute approximate surface area is 246 Å². The van der Waals surface area contributed by atoms with Crippen molar-refractivity contribution in [2.24, 2.45) is 0 Å². The lowest BCUT2D eigenvalue weighted by Crippen LogP contribution is -2.46. The highest BCUT2D eigenvalue weighted by Gasteiger charge is 2.39. The van der Waals surface area contributed by atoms with Gasteiger partial charge in [0.2, 0.25) is 12.7 Å². The summed E-state index contributed by atoms with van der Waals surface area (Å²) in [6.07, 6.45) is 0. The number of carbonyl (C=O) groups is 4. The summed E-state index contributed by atoms with van der Waals surface area (Å²) in [5.41, 5.74) is 2.31. The van der Waals surface area contributed by atoms with Crippen LogP contribution in [0.1, 0.15) is 27.5 Å². The second-order valence-corrected chi connectivity index (χ2v) is 10.2. The Morgan fingerprint density at radius 1 is 0.881 bits per heavy atom. The molecule has 0 saturated carbocycles. The summed E-state index contributed by atoms with van der Waals surface area (Å²) >= 11 is 6.16. The normalized spacial score (nSPS) is 14.0. The zero-order valence-electron chi connectivity index (χ0n) is 22.2. The topological polar surface area (TPSA) is 105 Å². The Bertz CT molecular complexity index is 1690. The van der Waals surface area contributed by atoms with Gasteiger partial charge in [0, 0.05) is 23.3 Å². The average molecular weight is 582 g/mol. The molecule has 0 spiro atoms. The van der Waals surface area contributed by atoms with E-state index in [0.717, 1.165) is 10.5 Å². The third kappa shape index (κ3) is 5.29. The van der Waals surface area contributed by atoms with E-state index in [2.05, 4.69) is 5.32 Å². The fourth-order valence-electron chi connectivity index (χ4n) is 5.04. The van der Waals surface area contributed by atoms with Gasteiger partial charge in [0.25, 0.3) is 17.6 Å². The van der Waals surface area contributed by atoms with Crippen molar-refractivity contribution in [3.8, 4) is 11.5 Å². The lowest BCUT2D eigenvalue weighted by Gasteiger charge is -2.33. The highest BCUT2D eigenvalue weighted by atomic mass is 35.5. The molecule has 3 amide bonds. The third-order valence-electron chi connectivity index (χ3n) is 7.07. The second-order valence-electron chi connectivity index (χ2n) is 9.76. The molecule has 0 aromatic heterocycles. The molecule has 42 heavy (non-hydrogen) atoms. The van der Waals surface area contributed by atoms with Crippen molar-refractivity contribution >= 4 is 46.5 Å². The Hall–Kier alpha value is -5.15. The zero-order chi connectivity index (χ0) is 29.2. The minimum absolute atomic E-state index is 0.0547. The van der Waals surface area contributed by atoms with Crippen LogP contribution in [-0.2, 0) is 20.9 Å². The largest absolute Gasteiger partial charge is 0.454 e. The van der Waals surface area contributed by atoms with Crippen LogP contribution in [0.15, 0.2) is 97.1 Å². The molecule has 0 bridgehead atoms. The van der Waals surface area contributed by atoms with E-state index in [9.17, 15) is 19.2 Å². The van der Waals surface area contributed by atoms with Gasteiger partial charge < -0.3 is 19.7 Å². The van der Waals surface area contributed by atoms with Gasteiger partial charge in [-0.15, -0.1) is 0 Å². The van der Waals surface area contributed by atoms with Crippen molar-refractivity contribution < 1.29 is 28.7 Å². The SMILES string of the molecule is O=C1C(=O)N(CC(=O)N(Cc2ccccc2)C(C(=O)Nc2ccc3c(c2)OCO3)c2ccc(Cl)cc2)c2ccccc21. The molecule has 2 heterocycles. The van der Waals surface area contributed by atoms with E-state index in [1.165, 1.54) is 4.90 Å². The van der Waals surface area contributed by atoms with E-state index < -0.39 is 36.1 Å². The van der Waals surface area contributed by atoms with E-state index in [4.69, 9.17) is 21.1 Å². The predicted octanol–water partition coefficient (Wildman–Crippen LogP) is 5.01. The first kappa shape index (κ1) is 27.0. The first-order valence-corrected chi connectivity index (χ1v) is 13.5. The van der Waals surface area contributed by atoms with Crippen molar-refractivity contribution in [1.82, 2.24) is 4.90 Å². The first-order valence-electron chi connectivity index (χ1n) is 13.1. The van der Waals surface area contributed by atoms with Gasteiger partial charge in [0.1, 0.15) is 12.6 Å². The van der Waals surface area contributed by atoms with Crippen LogP contribution in [0.5, 0.6) is 11.5 Å². The maximum absolute atomic E-state index is 14.1. The number of amides is 3. The molecule has 4 aromatic rings. The van der Waals surface area contributed by atoms with Gasteiger partial charge in [-0.05, 0) is 47.5 Å². The van der Waals surface area contributed by atoms with Gasteiger partial charge >= 0.3 is 0 Å². The standard InChI is InChI=1S/C32H24ClN3O6/c33-22-12-10-21(11-13-22)29(31(39)34-23-14-15-26-27(16-23)42-19-41-26)36(17-20-6-2-1-3-7-20)28(37)18-35-25-9-5-4-8-24(25)30(38)32(35)40/h1-16,29H,17-19H2,(H,34,39). The number of nitrogens with zero attached hydrogens (tertiary/aromatic N) is 2. The quantitative estimate of drug-likeness (QED) is 0.293. The summed E-state index contributed by atoms with van der Waals surface area (Å²) in [5.74, 6) is -1.45. The van der Waals surface area contributed by atoms with E-state index in [0.29, 0.717) is 33.5 Å². The Morgan fingerprint density at radius 2 is 1.60 bits per heavy atom. The van der Waals surface area contributed by atoms with Crippen molar-refractivity contribution in [3.05, 3.63) is 119 Å². The molecule has 1 unspecified atom stereocenters.